The summed E-state index contributed by atoms with van der Waals surface area (Å²) in [6, 6.07) is 22.2. The predicted molar refractivity (Wildman–Crippen MR) is 118 cm³/mol. The average molecular weight is 379 g/mol. The Morgan fingerprint density at radius 1 is 1.03 bits per heavy atom. The zero-order valence-electron chi connectivity index (χ0n) is 16.2. The molecule has 0 saturated heterocycles. The lowest BCUT2D eigenvalue weighted by atomic mass is 9.95. The van der Waals surface area contributed by atoms with Crippen molar-refractivity contribution in [3.63, 3.8) is 0 Å². The lowest BCUT2D eigenvalue weighted by molar-refractivity contribution is -0.116. The Labute approximate surface area is 170 Å². The second-order valence-corrected chi connectivity index (χ2v) is 6.90. The van der Waals surface area contributed by atoms with E-state index in [9.17, 15) is 4.79 Å². The number of aromatic amines is 1. The van der Waals surface area contributed by atoms with Crippen molar-refractivity contribution >= 4 is 22.6 Å². The average Bonchev–Trinajstić information content (AvgIpc) is 3.13. The van der Waals surface area contributed by atoms with Gasteiger partial charge in [0.2, 0.25) is 5.91 Å². The highest BCUT2D eigenvalue weighted by atomic mass is 16.1. The Balaban J connectivity index is 0.000000286. The molecule has 0 aliphatic heterocycles. The van der Waals surface area contributed by atoms with Crippen LogP contribution in [0.15, 0.2) is 66.7 Å². The van der Waals surface area contributed by atoms with Crippen LogP contribution in [-0.2, 0) is 4.79 Å². The van der Waals surface area contributed by atoms with Crippen molar-refractivity contribution in [3.8, 4) is 34.6 Å². The van der Waals surface area contributed by atoms with E-state index in [4.69, 9.17) is 6.42 Å². The Bertz CT molecular complexity index is 1190. The van der Waals surface area contributed by atoms with E-state index < -0.39 is 0 Å². The molecule has 142 valence electrons. The molecule has 0 saturated carbocycles. The van der Waals surface area contributed by atoms with Crippen LogP contribution in [0.5, 0.6) is 0 Å². The molecule has 0 radical (unpaired) electrons. The molecule has 2 aliphatic rings. The summed E-state index contributed by atoms with van der Waals surface area (Å²) in [7, 11) is 0. The second kappa shape index (κ2) is 8.04. The summed E-state index contributed by atoms with van der Waals surface area (Å²) in [5.41, 5.74) is 6.58. The number of H-pyrrole nitrogens is 1. The standard InChI is InChI=1S/C19H17N3O.C6H4/c1-3-7-18(23)20-19-16-11-10-14(12-17(16)21-22-19)15-9-6-5-8-13(15)4-2;1-2-6-4-3-5(1)6/h2,5-6,8-12H,3,7H2,1H3,(H2,20,21,22,23);1-4H. The molecule has 2 aliphatic carbocycles. The predicted octanol–water partition coefficient (Wildman–Crippen LogP) is 5.62. The minimum Gasteiger partial charge on any atom is -0.309 e. The number of nitrogens with one attached hydrogen (secondary N) is 2. The summed E-state index contributed by atoms with van der Waals surface area (Å²) < 4.78 is 0. The summed E-state index contributed by atoms with van der Waals surface area (Å²) in [5.74, 6) is 3.24. The van der Waals surface area contributed by atoms with E-state index in [1.165, 1.54) is 11.1 Å². The molecule has 1 aromatic heterocycles. The SMILES string of the molecule is C#Cc1ccccc1-c1ccc2c(NC(=O)CCC)n[nH]c2c1.c1cc2ccc1-2. The Hall–Kier alpha value is -3.84. The third-order valence-electron chi connectivity index (χ3n) is 4.91. The maximum Gasteiger partial charge on any atom is 0.225 e. The van der Waals surface area contributed by atoms with Crippen molar-refractivity contribution in [2.45, 2.75) is 19.8 Å². The molecule has 3 aromatic rings. The molecule has 2 N–H and O–H groups in total. The number of carbonyl (C=O) groups is 1. The number of fused-ring (bicyclic) bond motifs is 2. The molecule has 0 atom stereocenters. The largest absolute Gasteiger partial charge is 0.309 e. The van der Waals surface area contributed by atoms with Crippen LogP contribution in [-0.4, -0.2) is 16.1 Å². The molecule has 4 heteroatoms. The molecule has 1 heterocycles. The van der Waals surface area contributed by atoms with Crippen LogP contribution in [0, 0.1) is 12.3 Å². The number of rotatable bonds is 4. The highest BCUT2D eigenvalue weighted by molar-refractivity contribution is 6.00. The number of hydrogen-bond acceptors (Lipinski definition) is 2. The number of hydrogen-bond donors (Lipinski definition) is 2. The van der Waals surface area contributed by atoms with E-state index >= 15 is 0 Å². The lowest BCUT2D eigenvalue weighted by Crippen LogP contribution is -2.10. The molecule has 0 spiro atoms. The first kappa shape index (κ1) is 18.5. The summed E-state index contributed by atoms with van der Waals surface area (Å²) >= 11 is 0. The topological polar surface area (TPSA) is 57.8 Å². The third kappa shape index (κ3) is 3.76. The van der Waals surface area contributed by atoms with Gasteiger partial charge in [0.15, 0.2) is 5.82 Å². The van der Waals surface area contributed by atoms with Crippen molar-refractivity contribution < 1.29 is 4.79 Å². The maximum atomic E-state index is 11.7. The van der Waals surface area contributed by atoms with Crippen LogP contribution in [0.2, 0.25) is 0 Å². The normalized spacial score (nSPS) is 10.6. The molecule has 0 unspecified atom stereocenters. The van der Waals surface area contributed by atoms with Crippen molar-refractivity contribution in [3.05, 3.63) is 72.3 Å². The van der Waals surface area contributed by atoms with E-state index in [2.05, 4.69) is 45.7 Å². The fourth-order valence-electron chi connectivity index (χ4n) is 3.23. The summed E-state index contributed by atoms with van der Waals surface area (Å²) in [4.78, 5) is 11.7. The summed E-state index contributed by atoms with van der Waals surface area (Å²) in [5, 5.41) is 10.9. The molecule has 2 aromatic carbocycles. The van der Waals surface area contributed by atoms with Crippen LogP contribution < -0.4 is 5.32 Å². The maximum absolute atomic E-state index is 11.7. The summed E-state index contributed by atoms with van der Waals surface area (Å²) in [6.07, 6.45) is 6.87. The van der Waals surface area contributed by atoms with Gasteiger partial charge >= 0.3 is 0 Å². The number of carbonyl (C=O) groups excluding carboxylic acids is 1. The van der Waals surface area contributed by atoms with Crippen molar-refractivity contribution in [1.29, 1.82) is 0 Å². The van der Waals surface area contributed by atoms with E-state index in [0.29, 0.717) is 12.2 Å². The van der Waals surface area contributed by atoms with Crippen LogP contribution in [0.4, 0.5) is 5.82 Å². The lowest BCUT2D eigenvalue weighted by Gasteiger charge is -2.10. The quantitative estimate of drug-likeness (QED) is 0.398. The number of nitrogens with zero attached hydrogens (tertiary/aromatic N) is 1. The number of aromatic nitrogens is 2. The number of amides is 1. The van der Waals surface area contributed by atoms with Gasteiger partial charge in [0, 0.05) is 17.4 Å². The van der Waals surface area contributed by atoms with Gasteiger partial charge < -0.3 is 5.32 Å². The minimum absolute atomic E-state index is 0.0253. The van der Waals surface area contributed by atoms with Gasteiger partial charge in [-0.2, -0.15) is 5.10 Å². The van der Waals surface area contributed by atoms with Crippen LogP contribution >= 0.6 is 0 Å². The molecule has 5 rings (SSSR count). The van der Waals surface area contributed by atoms with E-state index in [1.54, 1.807) is 0 Å². The van der Waals surface area contributed by atoms with Crippen molar-refractivity contribution in [2.75, 3.05) is 5.32 Å². The summed E-state index contributed by atoms with van der Waals surface area (Å²) in [6.45, 7) is 1.97. The van der Waals surface area contributed by atoms with Gasteiger partial charge in [-0.25, -0.2) is 0 Å². The fourth-order valence-corrected chi connectivity index (χ4v) is 3.23. The van der Waals surface area contributed by atoms with Gasteiger partial charge in [-0.05, 0) is 46.9 Å². The fraction of sp³-hybridized carbons (Fsp3) is 0.120. The molecule has 1 amide bonds. The number of benzene rings is 3. The molecular weight excluding hydrogens is 358 g/mol. The molecule has 0 fully saturated rings. The van der Waals surface area contributed by atoms with E-state index in [1.807, 2.05) is 49.4 Å². The Kier molecular flexibility index (Phi) is 5.13. The molecular formula is C25H21N3O. The molecule has 0 bridgehead atoms. The zero-order chi connectivity index (χ0) is 20.2. The van der Waals surface area contributed by atoms with Gasteiger partial charge in [-0.1, -0.05) is 61.4 Å². The van der Waals surface area contributed by atoms with Crippen molar-refractivity contribution in [2.24, 2.45) is 0 Å². The van der Waals surface area contributed by atoms with Crippen LogP contribution in [0.25, 0.3) is 33.2 Å². The van der Waals surface area contributed by atoms with Crippen molar-refractivity contribution in [1.82, 2.24) is 10.2 Å². The van der Waals surface area contributed by atoms with Gasteiger partial charge in [-0.15, -0.1) is 6.42 Å². The number of anilines is 1. The first-order chi connectivity index (χ1) is 14.2. The van der Waals surface area contributed by atoms with E-state index in [0.717, 1.165) is 34.0 Å². The number of terminal acetylenes is 1. The zero-order valence-corrected chi connectivity index (χ0v) is 16.2. The minimum atomic E-state index is -0.0253. The molecule has 29 heavy (non-hydrogen) atoms. The van der Waals surface area contributed by atoms with Gasteiger partial charge in [0.25, 0.3) is 0 Å². The van der Waals surface area contributed by atoms with E-state index in [-0.39, 0.29) is 5.91 Å². The van der Waals surface area contributed by atoms with Gasteiger partial charge in [0.1, 0.15) is 0 Å². The first-order valence-corrected chi connectivity index (χ1v) is 9.64. The first-order valence-electron chi connectivity index (χ1n) is 9.64. The molecule has 4 nitrogen and oxygen atoms in total. The van der Waals surface area contributed by atoms with Crippen LogP contribution in [0.3, 0.4) is 0 Å². The van der Waals surface area contributed by atoms with Gasteiger partial charge in [-0.3, -0.25) is 9.89 Å². The monoisotopic (exact) mass is 379 g/mol. The third-order valence-corrected chi connectivity index (χ3v) is 4.91. The van der Waals surface area contributed by atoms with Crippen LogP contribution in [0.1, 0.15) is 25.3 Å². The smallest absolute Gasteiger partial charge is 0.225 e. The van der Waals surface area contributed by atoms with Gasteiger partial charge in [0.05, 0.1) is 5.52 Å². The highest BCUT2D eigenvalue weighted by Crippen LogP contribution is 2.30. The Morgan fingerprint density at radius 3 is 2.34 bits per heavy atom. The second-order valence-electron chi connectivity index (χ2n) is 6.90. The highest BCUT2D eigenvalue weighted by Gasteiger charge is 2.11. The Morgan fingerprint density at radius 2 is 1.72 bits per heavy atom.